The molecule has 0 amide bonds. The Kier molecular flexibility index (Phi) is 5.01. The van der Waals surface area contributed by atoms with Crippen molar-refractivity contribution >= 4 is 0 Å². The zero-order valence-corrected chi connectivity index (χ0v) is 11.8. The Bertz CT molecular complexity index is 352. The van der Waals surface area contributed by atoms with E-state index < -0.39 is 0 Å². The number of nitrogens with one attached hydrogen (secondary N) is 1. The minimum Gasteiger partial charge on any atom is -0.493 e. The number of hydrogen-bond donors (Lipinski definition) is 1. The van der Waals surface area contributed by atoms with E-state index in [1.165, 1.54) is 11.1 Å². The highest BCUT2D eigenvalue weighted by Crippen LogP contribution is 2.34. The molecule has 0 fully saturated rings. The van der Waals surface area contributed by atoms with Gasteiger partial charge in [0.05, 0.1) is 6.61 Å². The van der Waals surface area contributed by atoms with Gasteiger partial charge in [0.2, 0.25) is 0 Å². The molecule has 0 atom stereocenters. The molecule has 0 heterocycles. The first-order valence-electron chi connectivity index (χ1n) is 6.40. The summed E-state index contributed by atoms with van der Waals surface area (Å²) in [6, 6.07) is 6.42. The molecular weight excluding hydrogens is 210 g/mol. The third kappa shape index (κ3) is 3.74. The quantitative estimate of drug-likeness (QED) is 0.843. The fourth-order valence-electron chi connectivity index (χ4n) is 1.88. The Labute approximate surface area is 105 Å². The molecule has 0 aliphatic carbocycles. The maximum atomic E-state index is 5.96. The van der Waals surface area contributed by atoms with Crippen LogP contribution >= 0.6 is 0 Å². The summed E-state index contributed by atoms with van der Waals surface area (Å²) in [5.41, 5.74) is 2.65. The predicted octanol–water partition coefficient (Wildman–Crippen LogP) is 3.49. The third-order valence-corrected chi connectivity index (χ3v) is 2.72. The highest BCUT2D eigenvalue weighted by molar-refractivity contribution is 5.45. The maximum absolute atomic E-state index is 5.96. The predicted molar refractivity (Wildman–Crippen MR) is 73.7 cm³/mol. The van der Waals surface area contributed by atoms with Crippen LogP contribution in [-0.2, 0) is 12.0 Å². The molecule has 2 heteroatoms. The van der Waals surface area contributed by atoms with Crippen molar-refractivity contribution in [3.63, 3.8) is 0 Å². The Morgan fingerprint density at radius 3 is 2.47 bits per heavy atom. The highest BCUT2D eigenvalue weighted by Gasteiger charge is 2.20. The topological polar surface area (TPSA) is 21.3 Å². The van der Waals surface area contributed by atoms with Crippen LogP contribution in [0, 0.1) is 0 Å². The second-order valence-electron chi connectivity index (χ2n) is 5.42. The maximum Gasteiger partial charge on any atom is 0.127 e. The Morgan fingerprint density at radius 2 is 1.94 bits per heavy atom. The SMILES string of the molecule is CCCOc1c(CNC)cccc1C(C)(C)C. The Balaban J connectivity index is 3.14. The van der Waals surface area contributed by atoms with Crippen molar-refractivity contribution < 1.29 is 4.74 Å². The van der Waals surface area contributed by atoms with Crippen LogP contribution < -0.4 is 10.1 Å². The number of ether oxygens (including phenoxy) is 1. The van der Waals surface area contributed by atoms with Crippen molar-refractivity contribution in [3.8, 4) is 5.75 Å². The normalized spacial score (nSPS) is 11.6. The van der Waals surface area contributed by atoms with Crippen LogP contribution in [0.25, 0.3) is 0 Å². The second-order valence-corrected chi connectivity index (χ2v) is 5.42. The molecule has 0 aliphatic heterocycles. The third-order valence-electron chi connectivity index (χ3n) is 2.72. The summed E-state index contributed by atoms with van der Waals surface area (Å²) in [7, 11) is 1.97. The fourth-order valence-corrected chi connectivity index (χ4v) is 1.88. The lowest BCUT2D eigenvalue weighted by molar-refractivity contribution is 0.304. The molecular formula is C15H25NO. The molecule has 0 bridgehead atoms. The highest BCUT2D eigenvalue weighted by atomic mass is 16.5. The van der Waals surface area contributed by atoms with Crippen molar-refractivity contribution in [1.29, 1.82) is 0 Å². The largest absolute Gasteiger partial charge is 0.493 e. The van der Waals surface area contributed by atoms with Crippen molar-refractivity contribution in [2.75, 3.05) is 13.7 Å². The standard InChI is InChI=1S/C15H25NO/c1-6-10-17-14-12(11-16-5)8-7-9-13(14)15(2,3)4/h7-9,16H,6,10-11H2,1-5H3. The van der Waals surface area contributed by atoms with Gasteiger partial charge in [0.25, 0.3) is 0 Å². The van der Waals surface area contributed by atoms with Gasteiger partial charge in [0, 0.05) is 12.1 Å². The van der Waals surface area contributed by atoms with Gasteiger partial charge in [-0.15, -0.1) is 0 Å². The zero-order valence-electron chi connectivity index (χ0n) is 11.8. The summed E-state index contributed by atoms with van der Waals surface area (Å²) in [6.07, 6.45) is 1.04. The van der Waals surface area contributed by atoms with E-state index in [2.05, 4.69) is 51.2 Å². The first-order chi connectivity index (χ1) is 8.00. The Morgan fingerprint density at radius 1 is 1.24 bits per heavy atom. The summed E-state index contributed by atoms with van der Waals surface area (Å²) in [5.74, 6) is 1.07. The van der Waals surface area contributed by atoms with E-state index in [9.17, 15) is 0 Å². The van der Waals surface area contributed by atoms with Crippen molar-refractivity contribution in [3.05, 3.63) is 29.3 Å². The summed E-state index contributed by atoms with van der Waals surface area (Å²) in [4.78, 5) is 0. The van der Waals surface area contributed by atoms with Gasteiger partial charge in [0.1, 0.15) is 5.75 Å². The van der Waals surface area contributed by atoms with E-state index >= 15 is 0 Å². The average Bonchev–Trinajstić information content (AvgIpc) is 2.26. The molecule has 1 N–H and O–H groups in total. The second kappa shape index (κ2) is 6.06. The molecule has 0 saturated heterocycles. The minimum absolute atomic E-state index is 0.118. The first kappa shape index (κ1) is 14.0. The molecule has 0 unspecified atom stereocenters. The molecule has 0 spiro atoms. The van der Waals surface area contributed by atoms with Crippen molar-refractivity contribution in [2.24, 2.45) is 0 Å². The lowest BCUT2D eigenvalue weighted by Gasteiger charge is -2.24. The number of benzene rings is 1. The van der Waals surface area contributed by atoms with Gasteiger partial charge in [-0.05, 0) is 24.4 Å². The smallest absolute Gasteiger partial charge is 0.127 e. The molecule has 1 aromatic rings. The van der Waals surface area contributed by atoms with Crippen LogP contribution in [0.3, 0.4) is 0 Å². The fraction of sp³-hybridized carbons (Fsp3) is 0.600. The van der Waals surface area contributed by atoms with E-state index in [0.29, 0.717) is 0 Å². The molecule has 1 aromatic carbocycles. The van der Waals surface area contributed by atoms with Gasteiger partial charge in [-0.3, -0.25) is 0 Å². The van der Waals surface area contributed by atoms with Gasteiger partial charge in [-0.1, -0.05) is 45.9 Å². The molecule has 0 radical (unpaired) electrons. The molecule has 17 heavy (non-hydrogen) atoms. The van der Waals surface area contributed by atoms with Crippen molar-refractivity contribution in [2.45, 2.75) is 46.1 Å². The van der Waals surface area contributed by atoms with Crippen molar-refractivity contribution in [1.82, 2.24) is 5.32 Å². The summed E-state index contributed by atoms with van der Waals surface area (Å²) >= 11 is 0. The van der Waals surface area contributed by atoms with E-state index in [4.69, 9.17) is 4.74 Å². The monoisotopic (exact) mass is 235 g/mol. The average molecular weight is 235 g/mol. The molecule has 0 aliphatic rings. The Hall–Kier alpha value is -1.02. The van der Waals surface area contributed by atoms with Crippen LogP contribution in [0.15, 0.2) is 18.2 Å². The lowest BCUT2D eigenvalue weighted by atomic mass is 9.85. The van der Waals surface area contributed by atoms with Gasteiger partial charge < -0.3 is 10.1 Å². The lowest BCUT2D eigenvalue weighted by Crippen LogP contribution is -2.16. The van der Waals surface area contributed by atoms with Gasteiger partial charge in [-0.2, -0.15) is 0 Å². The summed E-state index contributed by atoms with van der Waals surface area (Å²) < 4.78 is 5.96. The molecule has 2 nitrogen and oxygen atoms in total. The zero-order chi connectivity index (χ0) is 12.9. The van der Waals surface area contributed by atoms with Crippen LogP contribution in [0.1, 0.15) is 45.2 Å². The first-order valence-corrected chi connectivity index (χ1v) is 6.40. The van der Waals surface area contributed by atoms with Gasteiger partial charge in [0.15, 0.2) is 0 Å². The molecule has 0 saturated carbocycles. The molecule has 1 rings (SSSR count). The number of rotatable bonds is 5. The summed E-state index contributed by atoms with van der Waals surface area (Å²) in [6.45, 7) is 10.4. The summed E-state index contributed by atoms with van der Waals surface area (Å²) in [5, 5.41) is 3.20. The number of hydrogen-bond acceptors (Lipinski definition) is 2. The molecule has 96 valence electrons. The van der Waals surface area contributed by atoms with E-state index in [1.807, 2.05) is 7.05 Å². The minimum atomic E-state index is 0.118. The number of para-hydroxylation sites is 1. The van der Waals surface area contributed by atoms with Crippen LogP contribution in [0.2, 0.25) is 0 Å². The van der Waals surface area contributed by atoms with Gasteiger partial charge >= 0.3 is 0 Å². The van der Waals surface area contributed by atoms with E-state index in [-0.39, 0.29) is 5.41 Å². The van der Waals surface area contributed by atoms with Crippen LogP contribution in [-0.4, -0.2) is 13.7 Å². The molecule has 0 aromatic heterocycles. The van der Waals surface area contributed by atoms with Crippen LogP contribution in [0.5, 0.6) is 5.75 Å². The van der Waals surface area contributed by atoms with E-state index in [0.717, 1.165) is 25.3 Å². The van der Waals surface area contributed by atoms with Gasteiger partial charge in [-0.25, -0.2) is 0 Å². The van der Waals surface area contributed by atoms with E-state index in [1.54, 1.807) is 0 Å². The van der Waals surface area contributed by atoms with Crippen LogP contribution in [0.4, 0.5) is 0 Å².